The number of methoxy groups -OCH3 is 1. The second-order valence-electron chi connectivity index (χ2n) is 6.69. The van der Waals surface area contributed by atoms with Crippen LogP contribution in [0.2, 0.25) is 5.02 Å². The number of hydrogen-bond donors (Lipinski definition) is 4. The molecule has 1 heterocycles. The van der Waals surface area contributed by atoms with Gasteiger partial charge >= 0.3 is 0 Å². The number of aliphatic hydroxyl groups is 3. The average molecular weight is 439 g/mol. The van der Waals surface area contributed by atoms with Gasteiger partial charge in [-0.3, -0.25) is 0 Å². The number of nitriles is 1. The number of hydrogen-bond acceptors (Lipinski definition) is 8. The summed E-state index contributed by atoms with van der Waals surface area (Å²) >= 11 is 6.17. The average Bonchev–Trinajstić information content (AvgIpc) is 2.81. The van der Waals surface area contributed by atoms with E-state index in [2.05, 4.69) is 33.4 Å². The molecule has 8 nitrogen and oxygen atoms in total. The third kappa shape index (κ3) is 5.02. The maximum absolute atomic E-state index is 9.97. The summed E-state index contributed by atoms with van der Waals surface area (Å²) in [6, 6.07) is 12.4. The first-order chi connectivity index (χ1) is 14.9. The van der Waals surface area contributed by atoms with Crippen molar-refractivity contribution in [3.05, 3.63) is 58.2 Å². The molecule has 4 N–H and O–H groups in total. The number of anilines is 1. The van der Waals surface area contributed by atoms with Gasteiger partial charge in [0.25, 0.3) is 0 Å². The molecule has 0 radical (unpaired) electrons. The van der Waals surface area contributed by atoms with E-state index in [1.54, 1.807) is 37.4 Å². The van der Waals surface area contributed by atoms with Crippen LogP contribution in [0.25, 0.3) is 10.8 Å². The highest BCUT2D eigenvalue weighted by Gasteiger charge is 2.21. The molecule has 0 aliphatic heterocycles. The van der Waals surface area contributed by atoms with Crippen molar-refractivity contribution in [3.63, 3.8) is 0 Å². The number of aromatic nitrogens is 2. The highest BCUT2D eigenvalue weighted by molar-refractivity contribution is 6.32. The lowest BCUT2D eigenvalue weighted by atomic mass is 10.0. The number of rotatable bonds is 6. The number of benzene rings is 2. The molecule has 0 atom stereocenters. The lowest BCUT2D eigenvalue weighted by Crippen LogP contribution is -2.35. The first-order valence-corrected chi connectivity index (χ1v) is 9.55. The fraction of sp³-hybridized carbons (Fsp3) is 0.227. The first kappa shape index (κ1) is 22.3. The molecule has 1 aromatic heterocycles. The van der Waals surface area contributed by atoms with Crippen LogP contribution in [-0.2, 0) is 6.54 Å². The monoisotopic (exact) mass is 438 g/mol. The number of halogens is 1. The lowest BCUT2D eigenvalue weighted by molar-refractivity contribution is -0.00938. The molecule has 31 heavy (non-hydrogen) atoms. The molecular formula is C22H19ClN4O4. The quantitative estimate of drug-likeness (QED) is 0.429. The highest BCUT2D eigenvalue weighted by atomic mass is 35.5. The van der Waals surface area contributed by atoms with Crippen molar-refractivity contribution in [2.45, 2.75) is 12.1 Å². The van der Waals surface area contributed by atoms with Gasteiger partial charge in [-0.1, -0.05) is 29.7 Å². The fourth-order valence-corrected chi connectivity index (χ4v) is 3.04. The second kappa shape index (κ2) is 9.61. The van der Waals surface area contributed by atoms with Crippen LogP contribution in [0, 0.1) is 23.2 Å². The molecule has 9 heteroatoms. The molecule has 3 rings (SSSR count). The van der Waals surface area contributed by atoms with Gasteiger partial charge in [0.05, 0.1) is 37.0 Å². The smallest absolute Gasteiger partial charge is 0.171 e. The van der Waals surface area contributed by atoms with E-state index in [1.165, 1.54) is 0 Å². The van der Waals surface area contributed by atoms with Crippen LogP contribution in [0.15, 0.2) is 36.4 Å². The number of fused-ring (bicyclic) bond motifs is 1. The van der Waals surface area contributed by atoms with Crippen LogP contribution in [0.5, 0.6) is 5.75 Å². The normalized spacial score (nSPS) is 10.8. The summed E-state index contributed by atoms with van der Waals surface area (Å²) in [6.45, 7) is -1.07. The van der Waals surface area contributed by atoms with Crippen molar-refractivity contribution < 1.29 is 20.1 Å². The van der Waals surface area contributed by atoms with Gasteiger partial charge in [-0.05, 0) is 35.7 Å². The van der Waals surface area contributed by atoms with Crippen molar-refractivity contribution in [1.82, 2.24) is 10.2 Å². The Morgan fingerprint density at radius 2 is 1.90 bits per heavy atom. The summed E-state index contributed by atoms with van der Waals surface area (Å²) in [5.74, 6) is 6.08. The standard InChI is InChI=1S/C22H19ClN4O4/c1-31-20-5-3-15(9-18(20)23)11-25-21-17-8-14(10-24)2-4-16(17)19(26-27-21)6-7-22(30,12-28)13-29/h2-5,8-9,28-30H,11-13H2,1H3,(H,25,27). The fourth-order valence-electron chi connectivity index (χ4n) is 2.76. The zero-order valence-corrected chi connectivity index (χ0v) is 17.3. The SMILES string of the molecule is COc1ccc(CNc2nnc(C#CC(O)(CO)CO)c3ccc(C#N)cc23)cc1Cl. The van der Waals surface area contributed by atoms with Crippen LogP contribution in [0.1, 0.15) is 16.8 Å². The third-order valence-corrected chi connectivity index (χ3v) is 4.82. The summed E-state index contributed by atoms with van der Waals surface area (Å²) in [6.07, 6.45) is 0. The van der Waals surface area contributed by atoms with E-state index in [4.69, 9.17) is 16.3 Å². The van der Waals surface area contributed by atoms with E-state index in [0.717, 1.165) is 5.56 Å². The summed E-state index contributed by atoms with van der Waals surface area (Å²) in [4.78, 5) is 0. The highest BCUT2D eigenvalue weighted by Crippen LogP contribution is 2.27. The van der Waals surface area contributed by atoms with Crippen molar-refractivity contribution >= 4 is 28.2 Å². The summed E-state index contributed by atoms with van der Waals surface area (Å²) in [5, 5.41) is 50.8. The molecule has 0 amide bonds. The largest absolute Gasteiger partial charge is 0.495 e. The second-order valence-corrected chi connectivity index (χ2v) is 7.10. The van der Waals surface area contributed by atoms with Gasteiger partial charge in [-0.2, -0.15) is 5.26 Å². The van der Waals surface area contributed by atoms with Crippen molar-refractivity contribution in [2.24, 2.45) is 0 Å². The van der Waals surface area contributed by atoms with Gasteiger partial charge < -0.3 is 25.4 Å². The Labute approximate surface area is 183 Å². The molecule has 3 aromatic rings. The minimum Gasteiger partial charge on any atom is -0.495 e. The van der Waals surface area contributed by atoms with E-state index in [9.17, 15) is 20.6 Å². The number of nitrogens with zero attached hydrogens (tertiary/aromatic N) is 3. The molecule has 0 saturated heterocycles. The molecule has 2 aromatic carbocycles. The molecular weight excluding hydrogens is 420 g/mol. The molecule has 0 fully saturated rings. The molecule has 0 unspecified atom stereocenters. The van der Waals surface area contributed by atoms with Crippen LogP contribution >= 0.6 is 11.6 Å². The third-order valence-electron chi connectivity index (χ3n) is 4.52. The van der Waals surface area contributed by atoms with E-state index >= 15 is 0 Å². The Bertz CT molecular complexity index is 1210. The maximum atomic E-state index is 9.97. The zero-order chi connectivity index (χ0) is 22.4. The molecule has 0 aliphatic carbocycles. The van der Waals surface area contributed by atoms with Crippen LogP contribution < -0.4 is 10.1 Å². The molecule has 0 aliphatic rings. The van der Waals surface area contributed by atoms with Gasteiger partial charge in [0.2, 0.25) is 0 Å². The van der Waals surface area contributed by atoms with E-state index in [1.807, 2.05) is 6.07 Å². The molecule has 158 valence electrons. The predicted octanol–water partition coefficient (Wildman–Crippen LogP) is 1.84. The predicted molar refractivity (Wildman–Crippen MR) is 116 cm³/mol. The van der Waals surface area contributed by atoms with Gasteiger partial charge in [-0.25, -0.2) is 0 Å². The van der Waals surface area contributed by atoms with E-state index in [-0.39, 0.29) is 5.69 Å². The van der Waals surface area contributed by atoms with Crippen molar-refractivity contribution in [2.75, 3.05) is 25.6 Å². The van der Waals surface area contributed by atoms with Crippen molar-refractivity contribution in [1.29, 1.82) is 5.26 Å². The Balaban J connectivity index is 1.98. The Morgan fingerprint density at radius 3 is 2.55 bits per heavy atom. The summed E-state index contributed by atoms with van der Waals surface area (Å²) in [7, 11) is 1.54. The summed E-state index contributed by atoms with van der Waals surface area (Å²) in [5.41, 5.74) is -0.405. The number of ether oxygens (including phenoxy) is 1. The van der Waals surface area contributed by atoms with Gasteiger partial charge in [-0.15, -0.1) is 10.2 Å². The van der Waals surface area contributed by atoms with E-state index < -0.39 is 18.8 Å². The topological polar surface area (TPSA) is 132 Å². The van der Waals surface area contributed by atoms with Gasteiger partial charge in [0, 0.05) is 17.3 Å². The van der Waals surface area contributed by atoms with Gasteiger partial charge in [0.1, 0.15) is 11.4 Å². The van der Waals surface area contributed by atoms with Crippen molar-refractivity contribution in [3.8, 4) is 23.7 Å². The summed E-state index contributed by atoms with van der Waals surface area (Å²) < 4.78 is 5.15. The zero-order valence-electron chi connectivity index (χ0n) is 16.6. The number of aliphatic hydroxyl groups excluding tert-OH is 2. The van der Waals surface area contributed by atoms with Gasteiger partial charge in [0.15, 0.2) is 11.4 Å². The maximum Gasteiger partial charge on any atom is 0.171 e. The first-order valence-electron chi connectivity index (χ1n) is 9.17. The van der Waals surface area contributed by atoms with Crippen LogP contribution in [0.4, 0.5) is 5.82 Å². The minimum atomic E-state index is -1.95. The Morgan fingerprint density at radius 1 is 1.13 bits per heavy atom. The minimum absolute atomic E-state index is 0.234. The molecule has 0 saturated carbocycles. The Hall–Kier alpha value is -3.40. The molecule has 0 spiro atoms. The van der Waals surface area contributed by atoms with Crippen LogP contribution in [-0.4, -0.2) is 51.4 Å². The Kier molecular flexibility index (Phi) is 6.91. The van der Waals surface area contributed by atoms with E-state index in [0.29, 0.717) is 39.5 Å². The lowest BCUT2D eigenvalue weighted by Gasteiger charge is -2.15. The molecule has 0 bridgehead atoms. The number of nitrogens with one attached hydrogen (secondary N) is 1. The van der Waals surface area contributed by atoms with Crippen LogP contribution in [0.3, 0.4) is 0 Å².